The second-order valence-corrected chi connectivity index (χ2v) is 5.68. The molecule has 2 aromatic heterocycles. The summed E-state index contributed by atoms with van der Waals surface area (Å²) in [7, 11) is 0. The topological polar surface area (TPSA) is 90.6 Å². The van der Waals surface area contributed by atoms with Crippen LogP contribution < -0.4 is 16.0 Å². The molecule has 0 aliphatic carbocycles. The summed E-state index contributed by atoms with van der Waals surface area (Å²) in [4.78, 5) is 16.5. The number of nitrogens with one attached hydrogen (secondary N) is 4. The molecule has 1 aliphatic heterocycles. The number of para-hydroxylation sites is 1. The van der Waals surface area contributed by atoms with E-state index in [9.17, 15) is 0 Å². The van der Waals surface area contributed by atoms with Crippen molar-refractivity contribution in [2.75, 3.05) is 23.7 Å². The number of H-pyrrole nitrogens is 1. The van der Waals surface area contributed by atoms with Gasteiger partial charge >= 0.3 is 0 Å². The molecule has 0 saturated carbocycles. The molecule has 4 N–H and O–H groups in total. The van der Waals surface area contributed by atoms with Crippen molar-refractivity contribution in [3.63, 3.8) is 0 Å². The average molecular weight is 309 g/mol. The standard InChI is InChI=1S/C16H19N7/c1-2-5-11(6-3-1)20-15-13-14(19-10-18-13)22-16(23-15)21-12-7-4-8-17-9-12/h1-3,5-6,10,12,17H,4,7-9H2,(H3,18,19,20,21,22,23)/t12-/m1/s1. The van der Waals surface area contributed by atoms with Gasteiger partial charge in [-0.2, -0.15) is 9.97 Å². The van der Waals surface area contributed by atoms with Crippen LogP contribution in [0.1, 0.15) is 12.8 Å². The number of aromatic nitrogens is 4. The number of benzene rings is 1. The second kappa shape index (κ2) is 6.21. The summed E-state index contributed by atoms with van der Waals surface area (Å²) in [6, 6.07) is 10.3. The zero-order valence-electron chi connectivity index (χ0n) is 12.7. The quantitative estimate of drug-likeness (QED) is 0.591. The molecule has 3 heterocycles. The maximum absolute atomic E-state index is 4.63. The van der Waals surface area contributed by atoms with Gasteiger partial charge in [0.05, 0.1) is 6.33 Å². The Morgan fingerprint density at radius 3 is 2.87 bits per heavy atom. The molecule has 23 heavy (non-hydrogen) atoms. The summed E-state index contributed by atoms with van der Waals surface area (Å²) in [6.45, 7) is 2.02. The highest BCUT2D eigenvalue weighted by Gasteiger charge is 2.16. The molecule has 0 radical (unpaired) electrons. The Hall–Kier alpha value is -2.67. The number of fused-ring (bicyclic) bond motifs is 1. The van der Waals surface area contributed by atoms with Crippen LogP contribution in [0.2, 0.25) is 0 Å². The van der Waals surface area contributed by atoms with E-state index in [0.717, 1.165) is 43.0 Å². The van der Waals surface area contributed by atoms with Gasteiger partial charge in [0.15, 0.2) is 11.5 Å². The molecule has 0 spiro atoms. The highest BCUT2D eigenvalue weighted by Crippen LogP contribution is 2.23. The van der Waals surface area contributed by atoms with E-state index in [4.69, 9.17) is 0 Å². The first-order valence-electron chi connectivity index (χ1n) is 7.89. The van der Waals surface area contributed by atoms with E-state index in [1.165, 1.54) is 0 Å². The van der Waals surface area contributed by atoms with Gasteiger partial charge in [-0.1, -0.05) is 18.2 Å². The van der Waals surface area contributed by atoms with Gasteiger partial charge in [0, 0.05) is 18.3 Å². The summed E-state index contributed by atoms with van der Waals surface area (Å²) in [5.74, 6) is 1.33. The van der Waals surface area contributed by atoms with Crippen molar-refractivity contribution in [2.45, 2.75) is 18.9 Å². The lowest BCUT2D eigenvalue weighted by molar-refractivity contribution is 0.478. The Kier molecular flexibility index (Phi) is 3.77. The fraction of sp³-hybridized carbons (Fsp3) is 0.312. The number of hydrogen-bond acceptors (Lipinski definition) is 6. The van der Waals surface area contributed by atoms with Crippen LogP contribution in [0, 0.1) is 0 Å². The van der Waals surface area contributed by atoms with Crippen LogP contribution in [-0.4, -0.2) is 39.1 Å². The predicted molar refractivity (Wildman–Crippen MR) is 90.9 cm³/mol. The van der Waals surface area contributed by atoms with Crippen LogP contribution in [0.4, 0.5) is 17.5 Å². The van der Waals surface area contributed by atoms with Gasteiger partial charge in [-0.05, 0) is 31.5 Å². The van der Waals surface area contributed by atoms with Gasteiger partial charge in [-0.15, -0.1) is 0 Å². The zero-order valence-corrected chi connectivity index (χ0v) is 12.7. The van der Waals surface area contributed by atoms with Crippen molar-refractivity contribution in [2.24, 2.45) is 0 Å². The molecule has 1 fully saturated rings. The third-order valence-electron chi connectivity index (χ3n) is 3.95. The predicted octanol–water partition coefficient (Wildman–Crippen LogP) is 2.26. The van der Waals surface area contributed by atoms with E-state index in [2.05, 4.69) is 35.9 Å². The number of nitrogens with zero attached hydrogens (tertiary/aromatic N) is 3. The summed E-state index contributed by atoms with van der Waals surface area (Å²) in [5, 5.41) is 10.1. The molecule has 0 amide bonds. The molecule has 7 heteroatoms. The molecule has 1 saturated heterocycles. The lowest BCUT2D eigenvalue weighted by Gasteiger charge is -2.23. The van der Waals surface area contributed by atoms with E-state index < -0.39 is 0 Å². The van der Waals surface area contributed by atoms with Gasteiger partial charge < -0.3 is 20.9 Å². The van der Waals surface area contributed by atoms with Crippen LogP contribution in [0.25, 0.3) is 11.2 Å². The van der Waals surface area contributed by atoms with E-state index in [0.29, 0.717) is 17.6 Å². The molecule has 3 aromatic rings. The number of imidazole rings is 1. The lowest BCUT2D eigenvalue weighted by Crippen LogP contribution is -2.38. The van der Waals surface area contributed by atoms with Crippen molar-refractivity contribution in [1.29, 1.82) is 0 Å². The molecule has 0 bridgehead atoms. The van der Waals surface area contributed by atoms with Crippen molar-refractivity contribution < 1.29 is 0 Å². The Balaban J connectivity index is 1.64. The van der Waals surface area contributed by atoms with Gasteiger partial charge in [0.1, 0.15) is 5.52 Å². The van der Waals surface area contributed by atoms with Crippen LogP contribution in [-0.2, 0) is 0 Å². The number of piperidine rings is 1. The third-order valence-corrected chi connectivity index (χ3v) is 3.95. The smallest absolute Gasteiger partial charge is 0.227 e. The van der Waals surface area contributed by atoms with Crippen LogP contribution >= 0.6 is 0 Å². The Bertz CT molecular complexity index is 777. The van der Waals surface area contributed by atoms with E-state index >= 15 is 0 Å². The van der Waals surface area contributed by atoms with Crippen LogP contribution in [0.5, 0.6) is 0 Å². The maximum atomic E-state index is 4.63. The first kappa shape index (κ1) is 14.0. The van der Waals surface area contributed by atoms with Crippen molar-refractivity contribution >= 4 is 28.6 Å². The Morgan fingerprint density at radius 1 is 1.13 bits per heavy atom. The Labute approximate surface area is 134 Å². The summed E-state index contributed by atoms with van der Waals surface area (Å²) < 4.78 is 0. The minimum Gasteiger partial charge on any atom is -0.350 e. The van der Waals surface area contributed by atoms with Crippen LogP contribution in [0.3, 0.4) is 0 Å². The zero-order chi connectivity index (χ0) is 15.5. The first-order valence-corrected chi connectivity index (χ1v) is 7.89. The monoisotopic (exact) mass is 309 g/mol. The number of hydrogen-bond donors (Lipinski definition) is 4. The summed E-state index contributed by atoms with van der Waals surface area (Å²) >= 11 is 0. The van der Waals surface area contributed by atoms with Crippen molar-refractivity contribution in [3.05, 3.63) is 36.7 Å². The summed E-state index contributed by atoms with van der Waals surface area (Å²) in [5.41, 5.74) is 2.44. The molecule has 7 nitrogen and oxygen atoms in total. The first-order chi connectivity index (χ1) is 11.4. The highest BCUT2D eigenvalue weighted by atomic mass is 15.2. The molecule has 0 unspecified atom stereocenters. The molecular formula is C16H19N7. The average Bonchev–Trinajstić information content (AvgIpc) is 3.05. The molecule has 4 rings (SSSR count). The fourth-order valence-corrected chi connectivity index (χ4v) is 2.80. The lowest BCUT2D eigenvalue weighted by atomic mass is 10.1. The normalized spacial score (nSPS) is 18.0. The molecule has 118 valence electrons. The number of aromatic amines is 1. The third kappa shape index (κ3) is 3.09. The number of rotatable bonds is 4. The Morgan fingerprint density at radius 2 is 2.04 bits per heavy atom. The van der Waals surface area contributed by atoms with Crippen LogP contribution in [0.15, 0.2) is 36.7 Å². The highest BCUT2D eigenvalue weighted by molar-refractivity contribution is 5.86. The van der Waals surface area contributed by atoms with E-state index in [1.54, 1.807) is 6.33 Å². The van der Waals surface area contributed by atoms with Gasteiger partial charge in [-0.3, -0.25) is 0 Å². The molecular weight excluding hydrogens is 290 g/mol. The molecule has 1 atom stereocenters. The largest absolute Gasteiger partial charge is 0.350 e. The molecule has 1 aromatic carbocycles. The minimum atomic E-state index is 0.352. The minimum absolute atomic E-state index is 0.352. The van der Waals surface area contributed by atoms with Gasteiger partial charge in [0.25, 0.3) is 0 Å². The van der Waals surface area contributed by atoms with Gasteiger partial charge in [-0.25, -0.2) is 4.98 Å². The maximum Gasteiger partial charge on any atom is 0.227 e. The SMILES string of the molecule is c1ccc(Nc2nc(N[C@@H]3CCCNC3)nc3nc[nH]c23)cc1. The number of anilines is 3. The van der Waals surface area contributed by atoms with Crippen molar-refractivity contribution in [1.82, 2.24) is 25.3 Å². The summed E-state index contributed by atoms with van der Waals surface area (Å²) in [6.07, 6.45) is 3.93. The van der Waals surface area contributed by atoms with Crippen molar-refractivity contribution in [3.8, 4) is 0 Å². The van der Waals surface area contributed by atoms with E-state index in [1.807, 2.05) is 30.3 Å². The second-order valence-electron chi connectivity index (χ2n) is 5.68. The van der Waals surface area contributed by atoms with Gasteiger partial charge in [0.2, 0.25) is 5.95 Å². The molecule has 1 aliphatic rings. The fourth-order valence-electron chi connectivity index (χ4n) is 2.80. The van der Waals surface area contributed by atoms with E-state index in [-0.39, 0.29) is 0 Å².